The Morgan fingerprint density at radius 1 is 0.516 bits per heavy atom. The van der Waals surface area contributed by atoms with E-state index in [9.17, 15) is 29.1 Å². The first-order chi connectivity index (χ1) is 43.9. The molecule has 546 valence electrons. The predicted octanol–water partition coefficient (Wildman–Crippen LogP) is 4.44. The van der Waals surface area contributed by atoms with E-state index in [0.717, 1.165) is 16.7 Å². The number of hydrogen-bond donors (Lipinski definition) is 5. The minimum atomic E-state index is -1.65. The van der Waals surface area contributed by atoms with Crippen molar-refractivity contribution in [1.29, 1.82) is 0 Å². The Morgan fingerprint density at radius 3 is 1.45 bits per heavy atom. The van der Waals surface area contributed by atoms with Crippen molar-refractivity contribution >= 4 is 76.7 Å². The molecule has 0 spiro atoms. The number of aliphatic hydroxyl groups excluding tert-OH is 1. The van der Waals surface area contributed by atoms with Crippen LogP contribution in [0.4, 0.5) is 0 Å². The van der Waals surface area contributed by atoms with Crippen LogP contribution < -0.4 is 21.3 Å². The molecule has 0 aromatic heterocycles. The molecule has 0 aromatic rings. The van der Waals surface area contributed by atoms with E-state index in [1.54, 1.807) is 68.4 Å². The van der Waals surface area contributed by atoms with Gasteiger partial charge in [-0.15, -0.1) is 11.8 Å². The molecule has 0 unspecified atom stereocenters. The lowest BCUT2D eigenvalue weighted by Gasteiger charge is -2.41. The number of rotatable bonds is 22. The number of nitrogens with zero attached hydrogens (tertiary/aromatic N) is 8. The van der Waals surface area contributed by atoms with Gasteiger partial charge in [0.15, 0.2) is 5.37 Å². The summed E-state index contributed by atoms with van der Waals surface area (Å²) in [6.07, 6.45) is 2.93. The summed E-state index contributed by atoms with van der Waals surface area (Å²) in [6.45, 7) is 34.1. The van der Waals surface area contributed by atoms with E-state index < -0.39 is 161 Å². The molecule has 0 aromatic carbocycles. The van der Waals surface area contributed by atoms with Crippen molar-refractivity contribution in [1.82, 2.24) is 60.5 Å². The number of thioether (sulfide) groups is 1. The van der Waals surface area contributed by atoms with E-state index in [1.807, 2.05) is 54.7 Å². The van der Waals surface area contributed by atoms with E-state index in [4.69, 9.17) is 4.74 Å². The molecule has 1 heterocycles. The first-order valence-corrected chi connectivity index (χ1v) is 35.3. The quantitative estimate of drug-likeness (QED) is 0.0740. The summed E-state index contributed by atoms with van der Waals surface area (Å²) in [5.41, 5.74) is 0. The van der Waals surface area contributed by atoms with Gasteiger partial charge in [-0.1, -0.05) is 95.2 Å². The Labute approximate surface area is 574 Å². The maximum Gasteiger partial charge on any atom is 0.256 e. The Bertz CT molecular complexity index is 2570. The van der Waals surface area contributed by atoms with Crippen molar-refractivity contribution in [2.45, 2.75) is 254 Å². The topological polar surface area (TPSA) is 291 Å². The van der Waals surface area contributed by atoms with Gasteiger partial charge in [0.2, 0.25) is 59.1 Å². The maximum absolute atomic E-state index is 15.4. The monoisotopic (exact) mass is 1360 g/mol. The highest BCUT2D eigenvalue weighted by atomic mass is 32.2. The van der Waals surface area contributed by atoms with Crippen LogP contribution in [-0.2, 0) is 57.5 Å². The molecule has 0 aliphatic carbocycles. The third kappa shape index (κ3) is 25.5. The average molecular weight is 1360 g/mol. The second-order valence-corrected chi connectivity index (χ2v) is 29.9. The van der Waals surface area contributed by atoms with Crippen molar-refractivity contribution in [2.75, 3.05) is 75.3 Å². The van der Waals surface area contributed by atoms with Crippen molar-refractivity contribution in [3.05, 3.63) is 12.2 Å². The molecule has 26 heteroatoms. The van der Waals surface area contributed by atoms with Crippen LogP contribution >= 0.6 is 11.8 Å². The largest absolute Gasteiger partial charge is 0.390 e. The zero-order valence-corrected chi connectivity index (χ0v) is 63.7. The van der Waals surface area contributed by atoms with Gasteiger partial charge in [0.05, 0.1) is 18.8 Å². The van der Waals surface area contributed by atoms with Crippen molar-refractivity contribution in [2.24, 2.45) is 35.5 Å². The molecule has 1 rings (SSSR count). The molecule has 0 bridgehead atoms. The van der Waals surface area contributed by atoms with Gasteiger partial charge >= 0.3 is 0 Å². The normalized spacial score (nSPS) is 26.3. The Kier molecular flexibility index (Phi) is 37.4. The molecule has 11 amide bonds. The molecule has 95 heavy (non-hydrogen) atoms. The first-order valence-electron chi connectivity index (χ1n) is 34.3. The van der Waals surface area contributed by atoms with Gasteiger partial charge in [-0.25, -0.2) is 0 Å². The van der Waals surface area contributed by atoms with Crippen LogP contribution in [0.3, 0.4) is 0 Å². The average Bonchev–Trinajstić information content (AvgIpc) is 0.818. The van der Waals surface area contributed by atoms with Gasteiger partial charge in [-0.2, -0.15) is 0 Å². The lowest BCUT2D eigenvalue weighted by Crippen LogP contribution is -2.64. The van der Waals surface area contributed by atoms with E-state index in [2.05, 4.69) is 40.0 Å². The van der Waals surface area contributed by atoms with E-state index >= 15 is 28.8 Å². The van der Waals surface area contributed by atoms with Crippen LogP contribution in [0.25, 0.3) is 0 Å². The molecule has 25 nitrogen and oxygen atoms in total. The van der Waals surface area contributed by atoms with E-state index in [-0.39, 0.29) is 56.1 Å². The number of ether oxygens (including phenoxy) is 1. The fraction of sp³-hybridized carbons (Fsp3) is 0.812. The minimum absolute atomic E-state index is 0.0134. The summed E-state index contributed by atoms with van der Waals surface area (Å²) >= 11 is 1.16. The van der Waals surface area contributed by atoms with Gasteiger partial charge in [-0.05, 0) is 142 Å². The highest BCUT2D eigenvalue weighted by molar-refractivity contribution is 8.00. The number of nitrogens with one attached hydrogen (secondary N) is 4. The number of aliphatic hydroxyl groups is 1. The Hall–Kier alpha value is -5.86. The van der Waals surface area contributed by atoms with E-state index in [0.29, 0.717) is 25.1 Å². The summed E-state index contributed by atoms with van der Waals surface area (Å²) < 4.78 is 6.04. The van der Waals surface area contributed by atoms with Gasteiger partial charge < -0.3 is 70.3 Å². The van der Waals surface area contributed by atoms with Crippen LogP contribution in [0.1, 0.15) is 170 Å². The molecule has 1 fully saturated rings. The number of hydrogen-bond acceptors (Lipinski definition) is 15. The van der Waals surface area contributed by atoms with Crippen molar-refractivity contribution in [3.63, 3.8) is 0 Å². The number of carbonyl (C=O) groups is 11. The summed E-state index contributed by atoms with van der Waals surface area (Å²) in [5, 5.41) is 22.1. The smallest absolute Gasteiger partial charge is 0.256 e. The van der Waals surface area contributed by atoms with Crippen LogP contribution in [0, 0.1) is 35.5 Å². The predicted molar refractivity (Wildman–Crippen MR) is 374 cm³/mol. The lowest BCUT2D eigenvalue weighted by molar-refractivity contribution is -0.157. The Morgan fingerprint density at radius 2 is 0.979 bits per heavy atom. The standard InChI is InChI=1S/C69H126N12O13S/c1-28-30-32-46(17)57(82)56-61(86)72-49(29-2)63(88)81(27)69(95-34-31-33-74(20)44(13)14)68(93)78(24)53(38-94-45(15)16)60(85)73-54(42(9)10)66(91)75(21)50(35-39(3)4)59(84)70-47(18)58(83)71-48(19)62(87)76(22)51(36-40(5)6)64(89)77(23)52(37-41(7)8)65(90)79(25)55(43(11)12)67(92)80(56)26/h28,30,39-57,69,82H,29,31-38H2,1-27H3,(H,70,84)(H,71,83)(H,72,86)(H,73,85)/b30-28+/t46-,47+,48-,49+,50+,51+,52+,53+,54+,55+,56+,57-,69-/m1/s1. The third-order valence-corrected chi connectivity index (χ3v) is 19.3. The molecule has 13 atom stereocenters. The highest BCUT2D eigenvalue weighted by Gasteiger charge is 2.46. The SMILES string of the molecule is C/C=C/C[C@@H](C)[C@@H](O)[C@H]1C(=O)N[C@@H](CC)C(=O)N(C)[C@H](SCCCN(C)C(C)C)C(=O)N(C)[C@@H](COC(C)C)C(=O)N[C@@H](C(C)C)C(=O)N(C)[C@@H](CC(C)C)C(=O)N[C@@H](C)C(=O)N[C@H](C)C(=O)N(C)[C@@H](CC(C)C)C(=O)N(C)[C@@H](CC(C)C)C(=O)N(C)[C@@H](C(C)C)C(=O)N1C. The van der Waals surface area contributed by atoms with Crippen molar-refractivity contribution in [3.8, 4) is 0 Å². The fourth-order valence-corrected chi connectivity index (χ4v) is 12.6. The minimum Gasteiger partial charge on any atom is -0.390 e. The second kappa shape index (κ2) is 40.8. The van der Waals surface area contributed by atoms with Gasteiger partial charge in [0.25, 0.3) is 5.91 Å². The van der Waals surface area contributed by atoms with Gasteiger partial charge in [0.1, 0.15) is 60.4 Å². The lowest BCUT2D eigenvalue weighted by atomic mass is 9.91. The highest BCUT2D eigenvalue weighted by Crippen LogP contribution is 2.27. The number of likely N-dealkylation sites (N-methyl/N-ethyl adjacent to an activating group) is 7. The summed E-state index contributed by atoms with van der Waals surface area (Å²) in [4.78, 5) is 175. The third-order valence-electron chi connectivity index (χ3n) is 17.9. The molecule has 1 saturated heterocycles. The summed E-state index contributed by atoms with van der Waals surface area (Å²) in [6, 6.07) is -12.7. The zero-order chi connectivity index (χ0) is 73.5. The van der Waals surface area contributed by atoms with Crippen LogP contribution in [0.5, 0.6) is 0 Å². The summed E-state index contributed by atoms with van der Waals surface area (Å²) in [5.74, 6) is -9.65. The number of carbonyl (C=O) groups excluding carboxylic acids is 11. The maximum atomic E-state index is 15.4. The molecule has 5 N–H and O–H groups in total. The van der Waals surface area contributed by atoms with Crippen LogP contribution in [-0.4, -0.2) is 269 Å². The second-order valence-electron chi connectivity index (χ2n) is 28.7. The van der Waals surface area contributed by atoms with Crippen LogP contribution in [0.2, 0.25) is 0 Å². The first kappa shape index (κ1) is 87.2. The van der Waals surface area contributed by atoms with Gasteiger partial charge in [-0.3, -0.25) is 52.7 Å². The zero-order valence-electron chi connectivity index (χ0n) is 62.9. The van der Waals surface area contributed by atoms with Crippen LogP contribution in [0.15, 0.2) is 12.2 Å². The number of amides is 11. The molecular weight excluding hydrogens is 1240 g/mol. The van der Waals surface area contributed by atoms with Gasteiger partial charge in [0, 0.05) is 55.4 Å². The van der Waals surface area contributed by atoms with Crippen molar-refractivity contribution < 1.29 is 62.6 Å². The summed E-state index contributed by atoms with van der Waals surface area (Å²) in [7, 11) is 11.9. The molecular formula is C69H126N12O13S. The molecule has 0 saturated carbocycles. The number of allylic oxidation sites excluding steroid dienone is 2. The molecule has 0 radical (unpaired) electrons. The molecule has 1 aliphatic rings. The Balaban J connectivity index is 4.57. The van der Waals surface area contributed by atoms with E-state index in [1.165, 1.54) is 92.6 Å². The molecule has 1 aliphatic heterocycles. The fourth-order valence-electron chi connectivity index (χ4n) is 11.4.